The van der Waals surface area contributed by atoms with E-state index in [4.69, 9.17) is 4.74 Å². The zero-order valence-corrected chi connectivity index (χ0v) is 17.2. The van der Waals surface area contributed by atoms with Gasteiger partial charge in [-0.1, -0.05) is 48.5 Å². The quantitative estimate of drug-likeness (QED) is 0.372. The van der Waals surface area contributed by atoms with Crippen molar-refractivity contribution < 1.29 is 24.5 Å². The largest absolute Gasteiger partial charge is 0.481 e. The predicted molar refractivity (Wildman–Crippen MR) is 115 cm³/mol. The Hall–Kier alpha value is -2.31. The molecule has 6 heteroatoms. The predicted octanol–water partition coefficient (Wildman–Crippen LogP) is 4.40. The minimum atomic E-state index is -0.980. The second-order valence-electron chi connectivity index (χ2n) is 6.84. The fourth-order valence-corrected chi connectivity index (χ4v) is 3.91. The molecule has 0 unspecified atom stereocenters. The van der Waals surface area contributed by atoms with Crippen LogP contribution in [0.2, 0.25) is 0 Å². The highest BCUT2D eigenvalue weighted by Gasteiger charge is 2.25. The summed E-state index contributed by atoms with van der Waals surface area (Å²) in [5.41, 5.74) is 1.72. The molecule has 29 heavy (non-hydrogen) atoms. The molecule has 5 nitrogen and oxygen atoms in total. The average Bonchev–Trinajstić information content (AvgIpc) is 2.74. The molecule has 0 radical (unpaired) electrons. The summed E-state index contributed by atoms with van der Waals surface area (Å²) in [6, 6.07) is 18.8. The van der Waals surface area contributed by atoms with Crippen molar-refractivity contribution in [2.24, 2.45) is 5.92 Å². The van der Waals surface area contributed by atoms with Crippen LogP contribution in [0.1, 0.15) is 41.6 Å². The van der Waals surface area contributed by atoms with Gasteiger partial charge >= 0.3 is 11.9 Å². The third kappa shape index (κ3) is 8.71. The number of benzene rings is 2. The first-order valence-electron chi connectivity index (χ1n) is 9.82. The molecule has 0 saturated heterocycles. The average molecular weight is 417 g/mol. The molecule has 0 aliphatic carbocycles. The standard InChI is InChI=1S/C23H28O5S/c24-21(14-7-15-28-23(27)19-11-5-2-6-12-19)20(22(25)26)13-8-16-29-17-18-9-3-1-4-10-18/h1-6,9-12,20-21,24H,7-8,13-17H2,(H,25,26)/t20-,21+/m1/s1. The van der Waals surface area contributed by atoms with Crippen LogP contribution in [0.25, 0.3) is 0 Å². The molecule has 2 N–H and O–H groups in total. The van der Waals surface area contributed by atoms with Crippen molar-refractivity contribution in [3.05, 3.63) is 71.8 Å². The van der Waals surface area contributed by atoms with Crippen LogP contribution in [-0.4, -0.2) is 40.6 Å². The molecule has 0 bridgehead atoms. The van der Waals surface area contributed by atoms with Crippen molar-refractivity contribution in [2.75, 3.05) is 12.4 Å². The number of rotatable bonds is 13. The van der Waals surface area contributed by atoms with E-state index < -0.39 is 24.0 Å². The normalized spacial score (nSPS) is 12.9. The van der Waals surface area contributed by atoms with E-state index in [1.165, 1.54) is 5.56 Å². The summed E-state index contributed by atoms with van der Waals surface area (Å²) in [5.74, 6) is -0.442. The molecule has 0 aromatic heterocycles. The molecule has 0 aliphatic heterocycles. The molecular formula is C23H28O5S. The summed E-state index contributed by atoms with van der Waals surface area (Å²) in [6.07, 6.45) is 0.932. The molecule has 0 spiro atoms. The van der Waals surface area contributed by atoms with E-state index in [0.29, 0.717) is 18.4 Å². The van der Waals surface area contributed by atoms with Crippen LogP contribution < -0.4 is 0 Å². The molecule has 0 fully saturated rings. The number of aliphatic hydroxyl groups excluding tert-OH is 1. The number of ether oxygens (including phenoxy) is 1. The number of aliphatic carboxylic acids is 1. The van der Waals surface area contributed by atoms with E-state index in [1.807, 2.05) is 24.3 Å². The smallest absolute Gasteiger partial charge is 0.338 e. The number of carboxylic acids is 1. The molecule has 2 aromatic carbocycles. The number of carbonyl (C=O) groups is 2. The van der Waals surface area contributed by atoms with Crippen LogP contribution >= 0.6 is 11.8 Å². The minimum Gasteiger partial charge on any atom is -0.481 e. The van der Waals surface area contributed by atoms with Crippen LogP contribution in [0.3, 0.4) is 0 Å². The fraction of sp³-hybridized carbons (Fsp3) is 0.391. The van der Waals surface area contributed by atoms with E-state index in [-0.39, 0.29) is 13.0 Å². The number of carbonyl (C=O) groups excluding carboxylic acids is 1. The molecule has 0 saturated carbocycles. The lowest BCUT2D eigenvalue weighted by Crippen LogP contribution is -2.28. The van der Waals surface area contributed by atoms with Gasteiger partial charge in [-0.15, -0.1) is 0 Å². The van der Waals surface area contributed by atoms with Gasteiger partial charge < -0.3 is 14.9 Å². The second-order valence-corrected chi connectivity index (χ2v) is 7.94. The van der Waals surface area contributed by atoms with Crippen molar-refractivity contribution in [3.63, 3.8) is 0 Å². The first kappa shape index (κ1) is 23.0. The zero-order valence-electron chi connectivity index (χ0n) is 16.4. The van der Waals surface area contributed by atoms with Crippen molar-refractivity contribution in [1.82, 2.24) is 0 Å². The Labute approximate surface area is 176 Å². The zero-order chi connectivity index (χ0) is 20.9. The maximum Gasteiger partial charge on any atom is 0.338 e. The summed E-state index contributed by atoms with van der Waals surface area (Å²) in [7, 11) is 0. The van der Waals surface area contributed by atoms with E-state index in [1.54, 1.807) is 36.0 Å². The molecule has 156 valence electrons. The highest BCUT2D eigenvalue weighted by atomic mass is 32.2. The fourth-order valence-electron chi connectivity index (χ4n) is 2.97. The Balaban J connectivity index is 1.63. The van der Waals surface area contributed by atoms with Crippen LogP contribution in [0.4, 0.5) is 0 Å². The molecule has 2 atom stereocenters. The van der Waals surface area contributed by atoms with Crippen LogP contribution in [0.5, 0.6) is 0 Å². The number of hydrogen-bond acceptors (Lipinski definition) is 5. The Morgan fingerprint density at radius 3 is 2.24 bits per heavy atom. The number of hydrogen-bond donors (Lipinski definition) is 2. The van der Waals surface area contributed by atoms with Crippen LogP contribution in [0, 0.1) is 5.92 Å². The van der Waals surface area contributed by atoms with Gasteiger partial charge in [-0.25, -0.2) is 4.79 Å². The maximum atomic E-state index is 11.9. The number of esters is 1. The van der Waals surface area contributed by atoms with Gasteiger partial charge in [0.25, 0.3) is 0 Å². The molecule has 0 heterocycles. The van der Waals surface area contributed by atoms with Crippen molar-refractivity contribution in [1.29, 1.82) is 0 Å². The maximum absolute atomic E-state index is 11.9. The third-order valence-electron chi connectivity index (χ3n) is 4.58. The van der Waals surface area contributed by atoms with E-state index in [2.05, 4.69) is 12.1 Å². The van der Waals surface area contributed by atoms with Crippen molar-refractivity contribution in [3.8, 4) is 0 Å². The Morgan fingerprint density at radius 2 is 1.59 bits per heavy atom. The summed E-state index contributed by atoms with van der Waals surface area (Å²) in [6.45, 7) is 0.157. The highest BCUT2D eigenvalue weighted by molar-refractivity contribution is 7.98. The minimum absolute atomic E-state index is 0.157. The summed E-state index contributed by atoms with van der Waals surface area (Å²) in [4.78, 5) is 23.4. The molecular weight excluding hydrogens is 388 g/mol. The van der Waals surface area contributed by atoms with Gasteiger partial charge in [0.05, 0.1) is 24.2 Å². The Bertz CT molecular complexity index is 735. The number of thioether (sulfide) groups is 1. The van der Waals surface area contributed by atoms with Gasteiger partial charge in [0.15, 0.2) is 0 Å². The molecule has 2 rings (SSSR count). The third-order valence-corrected chi connectivity index (χ3v) is 5.70. The summed E-state index contributed by atoms with van der Waals surface area (Å²) < 4.78 is 5.17. The first-order valence-corrected chi connectivity index (χ1v) is 11.0. The van der Waals surface area contributed by atoms with Crippen molar-refractivity contribution in [2.45, 2.75) is 37.5 Å². The lowest BCUT2D eigenvalue weighted by atomic mass is 9.94. The van der Waals surface area contributed by atoms with Gasteiger partial charge in [-0.05, 0) is 49.1 Å². The number of aliphatic hydroxyl groups is 1. The summed E-state index contributed by atoms with van der Waals surface area (Å²) in [5, 5.41) is 19.7. The van der Waals surface area contributed by atoms with Gasteiger partial charge in [0.2, 0.25) is 0 Å². The van der Waals surface area contributed by atoms with Gasteiger partial charge in [-0.2, -0.15) is 11.8 Å². The second kappa shape index (κ2) is 13.0. The van der Waals surface area contributed by atoms with E-state index in [9.17, 15) is 19.8 Å². The Kier molecular flexibility index (Phi) is 10.3. The SMILES string of the molecule is O=C(OCCC[C@H](O)[C@@H](CCCSCc1ccccc1)C(=O)O)c1ccccc1. The molecule has 0 amide bonds. The van der Waals surface area contributed by atoms with Gasteiger partial charge in [0.1, 0.15) is 0 Å². The summed E-state index contributed by atoms with van der Waals surface area (Å²) >= 11 is 1.76. The van der Waals surface area contributed by atoms with Crippen LogP contribution in [0.15, 0.2) is 60.7 Å². The first-order chi connectivity index (χ1) is 14.1. The van der Waals surface area contributed by atoms with Gasteiger partial charge in [0, 0.05) is 5.75 Å². The lowest BCUT2D eigenvalue weighted by Gasteiger charge is -2.19. The van der Waals surface area contributed by atoms with Crippen molar-refractivity contribution >= 4 is 23.7 Å². The van der Waals surface area contributed by atoms with Gasteiger partial charge in [-0.3, -0.25) is 4.79 Å². The lowest BCUT2D eigenvalue weighted by molar-refractivity contribution is -0.146. The topological polar surface area (TPSA) is 83.8 Å². The van der Waals surface area contributed by atoms with E-state index in [0.717, 1.165) is 17.9 Å². The van der Waals surface area contributed by atoms with Crippen LogP contribution in [-0.2, 0) is 15.3 Å². The molecule has 0 aliphatic rings. The highest BCUT2D eigenvalue weighted by Crippen LogP contribution is 2.20. The Morgan fingerprint density at radius 1 is 0.931 bits per heavy atom. The monoisotopic (exact) mass is 416 g/mol. The number of carboxylic acid groups (broad SMARTS) is 1. The van der Waals surface area contributed by atoms with E-state index >= 15 is 0 Å². The molecule has 2 aromatic rings.